The molecule has 0 saturated heterocycles. The maximum atomic E-state index is 14.2. The van der Waals surface area contributed by atoms with Gasteiger partial charge < -0.3 is 0 Å². The Bertz CT molecular complexity index is 653. The molecule has 2 rings (SSSR count). The highest BCUT2D eigenvalue weighted by atomic mass is 79.9. The summed E-state index contributed by atoms with van der Waals surface area (Å²) in [5, 5.41) is -0.0269. The Morgan fingerprint density at radius 1 is 1.05 bits per heavy atom. The number of benzene rings is 2. The predicted molar refractivity (Wildman–Crippen MR) is 82.4 cm³/mol. The Morgan fingerprint density at radius 2 is 1.70 bits per heavy atom. The number of nitrogens with one attached hydrogen (secondary N) is 1. The van der Waals surface area contributed by atoms with Crippen LogP contribution in [0.5, 0.6) is 0 Å². The van der Waals surface area contributed by atoms with E-state index in [1.165, 1.54) is 18.2 Å². The molecule has 2 aromatic carbocycles. The Morgan fingerprint density at radius 3 is 2.30 bits per heavy atom. The predicted octanol–water partition coefficient (Wildman–Crippen LogP) is 4.70. The van der Waals surface area contributed by atoms with E-state index in [1.807, 2.05) is 0 Å². The second kappa shape index (κ2) is 6.49. The van der Waals surface area contributed by atoms with E-state index in [-0.39, 0.29) is 10.6 Å². The van der Waals surface area contributed by atoms with E-state index < -0.39 is 17.7 Å². The molecule has 106 valence electrons. The van der Waals surface area contributed by atoms with Crippen LogP contribution >= 0.6 is 43.5 Å². The first-order valence-corrected chi connectivity index (χ1v) is 7.46. The summed E-state index contributed by atoms with van der Waals surface area (Å²) < 4.78 is 28.3. The molecule has 0 aliphatic heterocycles. The summed E-state index contributed by atoms with van der Waals surface area (Å²) in [6.07, 6.45) is 0. The van der Waals surface area contributed by atoms with Gasteiger partial charge in [-0.3, -0.25) is 5.84 Å². The van der Waals surface area contributed by atoms with Crippen molar-refractivity contribution in [2.45, 2.75) is 6.04 Å². The summed E-state index contributed by atoms with van der Waals surface area (Å²) in [6.45, 7) is 0. The van der Waals surface area contributed by atoms with Gasteiger partial charge in [0.05, 0.1) is 11.1 Å². The third-order valence-electron chi connectivity index (χ3n) is 2.82. The first-order chi connectivity index (χ1) is 9.45. The van der Waals surface area contributed by atoms with E-state index in [9.17, 15) is 8.78 Å². The second-order valence-corrected chi connectivity index (χ2v) is 6.12. The monoisotopic (exact) mass is 424 g/mol. The molecule has 0 aliphatic rings. The molecule has 0 amide bonds. The number of nitrogens with two attached hydrogens (primary N) is 1. The van der Waals surface area contributed by atoms with Gasteiger partial charge in [0.2, 0.25) is 0 Å². The molecule has 0 bridgehead atoms. The second-order valence-electron chi connectivity index (χ2n) is 4.03. The summed E-state index contributed by atoms with van der Waals surface area (Å²) in [5.41, 5.74) is 3.39. The van der Waals surface area contributed by atoms with Gasteiger partial charge in [-0.25, -0.2) is 14.2 Å². The van der Waals surface area contributed by atoms with Crippen LogP contribution in [0, 0.1) is 11.6 Å². The fourth-order valence-corrected chi connectivity index (χ4v) is 2.90. The van der Waals surface area contributed by atoms with E-state index in [1.54, 1.807) is 12.1 Å². The molecule has 0 radical (unpaired) electrons. The summed E-state index contributed by atoms with van der Waals surface area (Å²) in [7, 11) is 0. The smallest absolute Gasteiger partial charge is 0.148 e. The molecule has 2 nitrogen and oxygen atoms in total. The Labute approximate surface area is 136 Å². The molecule has 0 spiro atoms. The van der Waals surface area contributed by atoms with Gasteiger partial charge >= 0.3 is 0 Å². The van der Waals surface area contributed by atoms with E-state index in [2.05, 4.69) is 37.3 Å². The minimum atomic E-state index is -0.657. The van der Waals surface area contributed by atoms with Crippen molar-refractivity contribution in [2.75, 3.05) is 0 Å². The van der Waals surface area contributed by atoms with Gasteiger partial charge in [0.1, 0.15) is 11.6 Å². The van der Waals surface area contributed by atoms with Gasteiger partial charge in [-0.15, -0.1) is 0 Å². The maximum Gasteiger partial charge on any atom is 0.148 e. The average molecular weight is 426 g/mol. The van der Waals surface area contributed by atoms with Gasteiger partial charge in [-0.2, -0.15) is 0 Å². The van der Waals surface area contributed by atoms with Crippen LogP contribution in [0.1, 0.15) is 17.2 Å². The minimum Gasteiger partial charge on any atom is -0.271 e. The van der Waals surface area contributed by atoms with E-state index >= 15 is 0 Å². The van der Waals surface area contributed by atoms with Crippen LogP contribution in [-0.2, 0) is 0 Å². The summed E-state index contributed by atoms with van der Waals surface area (Å²) >= 11 is 12.3. The first kappa shape index (κ1) is 15.9. The van der Waals surface area contributed by atoms with Crippen molar-refractivity contribution >= 4 is 43.5 Å². The third kappa shape index (κ3) is 3.04. The number of halogens is 5. The molecule has 2 aromatic rings. The van der Waals surface area contributed by atoms with Gasteiger partial charge in [-0.05, 0) is 39.7 Å². The van der Waals surface area contributed by atoms with Crippen molar-refractivity contribution in [1.29, 1.82) is 0 Å². The van der Waals surface area contributed by atoms with Crippen molar-refractivity contribution in [2.24, 2.45) is 5.84 Å². The van der Waals surface area contributed by atoms with Crippen molar-refractivity contribution in [3.05, 3.63) is 67.1 Å². The number of rotatable bonds is 3. The molecule has 0 aliphatic carbocycles. The normalized spacial score (nSPS) is 12.5. The molecule has 7 heteroatoms. The Hall–Kier alpha value is -0.530. The maximum absolute atomic E-state index is 14.2. The summed E-state index contributed by atoms with van der Waals surface area (Å²) in [4.78, 5) is 0. The van der Waals surface area contributed by atoms with Crippen LogP contribution < -0.4 is 11.3 Å². The van der Waals surface area contributed by atoms with Gasteiger partial charge in [0.15, 0.2) is 0 Å². The summed E-state index contributed by atoms with van der Waals surface area (Å²) in [5.74, 6) is 4.53. The fourth-order valence-electron chi connectivity index (χ4n) is 1.85. The number of hydrogen-bond acceptors (Lipinski definition) is 2. The zero-order chi connectivity index (χ0) is 14.9. The lowest BCUT2D eigenvalue weighted by molar-refractivity contribution is 0.557. The molecular formula is C13H9Br2ClF2N2. The van der Waals surface area contributed by atoms with E-state index in [0.29, 0.717) is 14.5 Å². The lowest BCUT2D eigenvalue weighted by atomic mass is 9.99. The highest BCUT2D eigenvalue weighted by molar-refractivity contribution is 9.10. The van der Waals surface area contributed by atoms with Crippen molar-refractivity contribution in [3.8, 4) is 0 Å². The lowest BCUT2D eigenvalue weighted by Crippen LogP contribution is -2.30. The molecule has 0 heterocycles. The number of hydrazine groups is 1. The molecule has 1 atom stereocenters. The molecule has 20 heavy (non-hydrogen) atoms. The van der Waals surface area contributed by atoms with Crippen molar-refractivity contribution < 1.29 is 8.78 Å². The van der Waals surface area contributed by atoms with Crippen molar-refractivity contribution in [1.82, 2.24) is 5.43 Å². The first-order valence-electron chi connectivity index (χ1n) is 5.50. The van der Waals surface area contributed by atoms with Crippen LogP contribution in [0.25, 0.3) is 0 Å². The molecule has 0 fully saturated rings. The van der Waals surface area contributed by atoms with Gasteiger partial charge in [0.25, 0.3) is 0 Å². The highest BCUT2D eigenvalue weighted by Gasteiger charge is 2.21. The lowest BCUT2D eigenvalue weighted by Gasteiger charge is -2.19. The SMILES string of the molecule is NNC(c1ccc(F)cc1Br)c1ccc(Br)c(Cl)c1F. The summed E-state index contributed by atoms with van der Waals surface area (Å²) in [6, 6.07) is 6.63. The largest absolute Gasteiger partial charge is 0.271 e. The highest BCUT2D eigenvalue weighted by Crippen LogP contribution is 2.35. The number of hydrogen-bond donors (Lipinski definition) is 2. The van der Waals surface area contributed by atoms with Crippen LogP contribution in [0.2, 0.25) is 5.02 Å². The van der Waals surface area contributed by atoms with Gasteiger partial charge in [0, 0.05) is 14.5 Å². The zero-order valence-electron chi connectivity index (χ0n) is 9.93. The van der Waals surface area contributed by atoms with Crippen LogP contribution in [-0.4, -0.2) is 0 Å². The Kier molecular flexibility index (Phi) is 5.14. The topological polar surface area (TPSA) is 38.0 Å². The Balaban J connectivity index is 2.55. The molecule has 1 unspecified atom stereocenters. The zero-order valence-corrected chi connectivity index (χ0v) is 13.9. The molecule has 0 saturated carbocycles. The average Bonchev–Trinajstić information content (AvgIpc) is 2.41. The molecular weight excluding hydrogens is 417 g/mol. The van der Waals surface area contributed by atoms with Crippen molar-refractivity contribution in [3.63, 3.8) is 0 Å². The van der Waals surface area contributed by atoms with Gasteiger partial charge in [-0.1, -0.05) is 39.7 Å². The third-order valence-corrected chi connectivity index (χ3v) is 4.76. The fraction of sp³-hybridized carbons (Fsp3) is 0.0769. The minimum absolute atomic E-state index is 0.0269. The molecule has 3 N–H and O–H groups in total. The molecule has 0 aromatic heterocycles. The van der Waals surface area contributed by atoms with Crippen LogP contribution in [0.4, 0.5) is 8.78 Å². The van der Waals surface area contributed by atoms with Crippen LogP contribution in [0.15, 0.2) is 39.3 Å². The van der Waals surface area contributed by atoms with Crippen LogP contribution in [0.3, 0.4) is 0 Å². The quantitative estimate of drug-likeness (QED) is 0.424. The van der Waals surface area contributed by atoms with E-state index in [4.69, 9.17) is 17.4 Å². The standard InChI is InChI=1S/C13H9Br2ClF2N2/c14-9-4-3-8(12(18)11(9)16)13(20-19)7-2-1-6(17)5-10(7)15/h1-5,13,20H,19H2. The van der Waals surface area contributed by atoms with E-state index in [0.717, 1.165) is 0 Å².